The van der Waals surface area contributed by atoms with E-state index in [1.807, 2.05) is 0 Å². The Balaban J connectivity index is 1.76. The molecule has 0 spiro atoms. The Morgan fingerprint density at radius 3 is 2.55 bits per heavy atom. The number of amides is 1. The van der Waals surface area contributed by atoms with Gasteiger partial charge in [0.1, 0.15) is 5.69 Å². The van der Waals surface area contributed by atoms with Crippen LogP contribution in [0.5, 0.6) is 0 Å². The van der Waals surface area contributed by atoms with Crippen LogP contribution in [0, 0.1) is 24.7 Å². The summed E-state index contributed by atoms with van der Waals surface area (Å²) in [6, 6.07) is 0. The number of carboxylic acid groups (broad SMARTS) is 1. The number of aryl methyl sites for hydroxylation is 1. The van der Waals surface area contributed by atoms with Crippen molar-refractivity contribution in [3.63, 3.8) is 0 Å². The van der Waals surface area contributed by atoms with Gasteiger partial charge >= 0.3 is 5.97 Å². The Morgan fingerprint density at radius 1 is 1.25 bits per heavy atom. The average molecular weight is 275 g/mol. The summed E-state index contributed by atoms with van der Waals surface area (Å²) in [7, 11) is 0. The molecule has 3 rings (SSSR count). The van der Waals surface area contributed by atoms with E-state index in [4.69, 9.17) is 0 Å². The summed E-state index contributed by atoms with van der Waals surface area (Å²) in [6.07, 6.45) is 5.18. The number of likely N-dealkylation sites (tertiary alicyclic amines) is 1. The van der Waals surface area contributed by atoms with Crippen molar-refractivity contribution in [2.45, 2.75) is 19.8 Å². The van der Waals surface area contributed by atoms with Crippen LogP contribution in [0.1, 0.15) is 29.0 Å². The van der Waals surface area contributed by atoms with Crippen LogP contribution in [-0.2, 0) is 4.79 Å². The van der Waals surface area contributed by atoms with Gasteiger partial charge < -0.3 is 10.0 Å². The second-order valence-corrected chi connectivity index (χ2v) is 5.70. The molecule has 6 nitrogen and oxygen atoms in total. The molecule has 6 heteroatoms. The van der Waals surface area contributed by atoms with Crippen molar-refractivity contribution in [2.75, 3.05) is 13.1 Å². The number of carboxylic acids is 1. The maximum atomic E-state index is 12.3. The fourth-order valence-electron chi connectivity index (χ4n) is 2.92. The highest BCUT2D eigenvalue weighted by molar-refractivity contribution is 5.92. The van der Waals surface area contributed by atoms with E-state index in [2.05, 4.69) is 9.97 Å². The maximum absolute atomic E-state index is 12.3. The summed E-state index contributed by atoms with van der Waals surface area (Å²) < 4.78 is 0. The molecule has 2 fully saturated rings. The minimum atomic E-state index is -0.799. The predicted molar refractivity (Wildman–Crippen MR) is 70.0 cm³/mol. The first kappa shape index (κ1) is 13.0. The van der Waals surface area contributed by atoms with E-state index in [9.17, 15) is 14.7 Å². The molecule has 0 radical (unpaired) electrons. The minimum Gasteiger partial charge on any atom is -0.481 e. The SMILES string of the molecule is Cc1cnc(C(=O)N2C[C@H](C(=O)O)[C@@H](C3CC3)C2)cn1. The van der Waals surface area contributed by atoms with Gasteiger partial charge in [0.15, 0.2) is 0 Å². The van der Waals surface area contributed by atoms with Crippen molar-refractivity contribution in [3.05, 3.63) is 23.8 Å². The molecule has 0 aromatic carbocycles. The van der Waals surface area contributed by atoms with E-state index in [1.54, 1.807) is 18.0 Å². The smallest absolute Gasteiger partial charge is 0.308 e. The molecule has 2 atom stereocenters. The van der Waals surface area contributed by atoms with E-state index in [0.717, 1.165) is 18.5 Å². The van der Waals surface area contributed by atoms with E-state index < -0.39 is 11.9 Å². The molecule has 1 amide bonds. The number of carbonyl (C=O) groups is 2. The zero-order valence-electron chi connectivity index (χ0n) is 11.3. The monoisotopic (exact) mass is 275 g/mol. The topological polar surface area (TPSA) is 83.4 Å². The third-order valence-corrected chi connectivity index (χ3v) is 4.20. The normalized spacial score (nSPS) is 25.8. The predicted octanol–water partition coefficient (Wildman–Crippen LogP) is 0.968. The van der Waals surface area contributed by atoms with E-state index in [0.29, 0.717) is 12.5 Å². The van der Waals surface area contributed by atoms with Crippen LogP contribution in [0.4, 0.5) is 0 Å². The van der Waals surface area contributed by atoms with Crippen LogP contribution in [0.2, 0.25) is 0 Å². The Bertz CT molecular complexity index is 539. The molecule has 2 aliphatic rings. The number of aromatic nitrogens is 2. The Labute approximate surface area is 116 Å². The highest BCUT2D eigenvalue weighted by Gasteiger charge is 2.47. The molecule has 1 N–H and O–H groups in total. The Hall–Kier alpha value is -1.98. The first-order valence-corrected chi connectivity index (χ1v) is 6.87. The van der Waals surface area contributed by atoms with E-state index >= 15 is 0 Å². The largest absolute Gasteiger partial charge is 0.481 e. The number of hydrogen-bond donors (Lipinski definition) is 1. The molecule has 1 aromatic rings. The van der Waals surface area contributed by atoms with Gasteiger partial charge in [0.25, 0.3) is 5.91 Å². The summed E-state index contributed by atoms with van der Waals surface area (Å²) in [5, 5.41) is 9.30. The third kappa shape index (κ3) is 2.37. The van der Waals surface area contributed by atoms with Gasteiger partial charge in [-0.1, -0.05) is 0 Å². The van der Waals surface area contributed by atoms with Crippen LogP contribution in [0.15, 0.2) is 12.4 Å². The standard InChI is InChI=1S/C14H17N3O3/c1-8-4-16-12(5-15-8)13(18)17-6-10(9-2-3-9)11(7-17)14(19)20/h4-5,9-11H,2-3,6-7H2,1H3,(H,19,20)/t10-,11+/m1/s1. The molecule has 0 bridgehead atoms. The highest BCUT2D eigenvalue weighted by atomic mass is 16.4. The van der Waals surface area contributed by atoms with Crippen molar-refractivity contribution in [3.8, 4) is 0 Å². The molecule has 1 aliphatic heterocycles. The number of nitrogens with zero attached hydrogens (tertiary/aromatic N) is 3. The summed E-state index contributed by atoms with van der Waals surface area (Å²) >= 11 is 0. The highest BCUT2D eigenvalue weighted by Crippen LogP contribution is 2.44. The molecular formula is C14H17N3O3. The van der Waals surface area contributed by atoms with E-state index in [-0.39, 0.29) is 24.1 Å². The quantitative estimate of drug-likeness (QED) is 0.888. The maximum Gasteiger partial charge on any atom is 0.308 e. The molecule has 0 unspecified atom stereocenters. The lowest BCUT2D eigenvalue weighted by molar-refractivity contribution is -0.142. The van der Waals surface area contributed by atoms with Gasteiger partial charge in [-0.2, -0.15) is 0 Å². The lowest BCUT2D eigenvalue weighted by Gasteiger charge is -2.15. The number of carbonyl (C=O) groups excluding carboxylic acids is 1. The number of aliphatic carboxylic acids is 1. The van der Waals surface area contributed by atoms with Gasteiger partial charge in [-0.05, 0) is 31.6 Å². The first-order chi connectivity index (χ1) is 9.56. The molecule has 1 saturated carbocycles. The minimum absolute atomic E-state index is 0.0925. The van der Waals surface area contributed by atoms with Gasteiger partial charge in [-0.15, -0.1) is 0 Å². The van der Waals surface area contributed by atoms with Crippen LogP contribution in [0.3, 0.4) is 0 Å². The summed E-state index contributed by atoms with van der Waals surface area (Å²) in [4.78, 5) is 33.4. The lowest BCUT2D eigenvalue weighted by atomic mass is 9.92. The molecule has 106 valence electrons. The molecule has 1 saturated heterocycles. The van der Waals surface area contributed by atoms with E-state index in [1.165, 1.54) is 6.20 Å². The lowest BCUT2D eigenvalue weighted by Crippen LogP contribution is -2.30. The van der Waals surface area contributed by atoms with Crippen LogP contribution in [0.25, 0.3) is 0 Å². The molecule has 1 aliphatic carbocycles. The number of rotatable bonds is 3. The zero-order chi connectivity index (χ0) is 14.3. The summed E-state index contributed by atoms with van der Waals surface area (Å²) in [5.74, 6) is -0.892. The van der Waals surface area contributed by atoms with Gasteiger partial charge in [0.2, 0.25) is 0 Å². The zero-order valence-corrected chi connectivity index (χ0v) is 11.3. The molecule has 20 heavy (non-hydrogen) atoms. The van der Waals surface area contributed by atoms with Gasteiger partial charge in [-0.3, -0.25) is 14.6 Å². The fourth-order valence-corrected chi connectivity index (χ4v) is 2.92. The van der Waals surface area contributed by atoms with Crippen molar-refractivity contribution in [1.82, 2.24) is 14.9 Å². The van der Waals surface area contributed by atoms with Crippen molar-refractivity contribution < 1.29 is 14.7 Å². The molecule has 1 aromatic heterocycles. The van der Waals surface area contributed by atoms with Gasteiger partial charge in [0, 0.05) is 19.3 Å². The second kappa shape index (κ2) is 4.85. The molecular weight excluding hydrogens is 258 g/mol. The molecule has 2 heterocycles. The van der Waals surface area contributed by atoms with Gasteiger partial charge in [-0.25, -0.2) is 4.98 Å². The first-order valence-electron chi connectivity index (χ1n) is 6.87. The van der Waals surface area contributed by atoms with Crippen molar-refractivity contribution in [2.24, 2.45) is 17.8 Å². The van der Waals surface area contributed by atoms with Gasteiger partial charge in [0.05, 0.1) is 17.8 Å². The Morgan fingerprint density at radius 2 is 2.00 bits per heavy atom. The second-order valence-electron chi connectivity index (χ2n) is 5.70. The van der Waals surface area contributed by atoms with Crippen molar-refractivity contribution >= 4 is 11.9 Å². The summed E-state index contributed by atoms with van der Waals surface area (Å²) in [6.45, 7) is 2.61. The van der Waals surface area contributed by atoms with Crippen LogP contribution >= 0.6 is 0 Å². The number of hydrogen-bond acceptors (Lipinski definition) is 4. The Kier molecular flexibility index (Phi) is 3.16. The fraction of sp³-hybridized carbons (Fsp3) is 0.571. The summed E-state index contributed by atoms with van der Waals surface area (Å²) in [5.41, 5.74) is 1.04. The third-order valence-electron chi connectivity index (χ3n) is 4.20. The van der Waals surface area contributed by atoms with Crippen molar-refractivity contribution in [1.29, 1.82) is 0 Å². The van der Waals surface area contributed by atoms with Crippen LogP contribution < -0.4 is 0 Å². The average Bonchev–Trinajstić information content (AvgIpc) is 3.17. The van der Waals surface area contributed by atoms with Crippen LogP contribution in [-0.4, -0.2) is 44.9 Å².